The smallest absolute Gasteiger partial charge is 0.251 e. The van der Waals surface area contributed by atoms with Crippen LogP contribution in [0.5, 0.6) is 0 Å². The van der Waals surface area contributed by atoms with Crippen molar-refractivity contribution in [1.29, 1.82) is 0 Å². The Morgan fingerprint density at radius 2 is 1.67 bits per heavy atom. The van der Waals surface area contributed by atoms with Gasteiger partial charge in [0.1, 0.15) is 0 Å². The summed E-state index contributed by atoms with van der Waals surface area (Å²) in [6, 6.07) is 16.3. The lowest BCUT2D eigenvalue weighted by Gasteiger charge is -2.12. The fraction of sp³-hybridized carbons (Fsp3) is 0.278. The first-order chi connectivity index (χ1) is 10.3. The number of hydrogen-bond acceptors (Lipinski definition) is 2. The van der Waals surface area contributed by atoms with Crippen LogP contribution in [0.4, 0.5) is 5.69 Å². The molecule has 0 radical (unpaired) electrons. The summed E-state index contributed by atoms with van der Waals surface area (Å²) in [7, 11) is 0. The van der Waals surface area contributed by atoms with Crippen LogP contribution in [0.25, 0.3) is 0 Å². The van der Waals surface area contributed by atoms with Crippen molar-refractivity contribution in [1.82, 2.24) is 5.32 Å². The maximum absolute atomic E-state index is 12.3. The lowest BCUT2D eigenvalue weighted by Crippen LogP contribution is -2.35. The Bertz CT molecular complexity index is 609. The van der Waals surface area contributed by atoms with Crippen molar-refractivity contribution < 1.29 is 4.79 Å². The predicted molar refractivity (Wildman–Crippen MR) is 85.7 cm³/mol. The maximum Gasteiger partial charge on any atom is 0.251 e. The van der Waals surface area contributed by atoms with Crippen molar-refractivity contribution in [3.63, 3.8) is 0 Å². The van der Waals surface area contributed by atoms with E-state index in [1.165, 1.54) is 11.1 Å². The molecule has 3 rings (SSSR count). The first-order valence-electron chi connectivity index (χ1n) is 7.48. The van der Waals surface area contributed by atoms with Gasteiger partial charge in [0.25, 0.3) is 5.91 Å². The Balaban J connectivity index is 1.62. The average molecular weight is 280 g/mol. The highest BCUT2D eigenvalue weighted by Crippen LogP contribution is 2.22. The molecule has 0 bridgehead atoms. The number of nitrogens with one attached hydrogen (secondary N) is 2. The Morgan fingerprint density at radius 3 is 2.24 bits per heavy atom. The second kappa shape index (κ2) is 6.00. The summed E-state index contributed by atoms with van der Waals surface area (Å²) in [5.41, 5.74) is 4.46. The molecule has 2 aromatic carbocycles. The van der Waals surface area contributed by atoms with Crippen LogP contribution in [0, 0.1) is 0 Å². The van der Waals surface area contributed by atoms with E-state index >= 15 is 0 Å². The van der Waals surface area contributed by atoms with Gasteiger partial charge in [-0.25, -0.2) is 0 Å². The molecular weight excluding hydrogens is 260 g/mol. The molecule has 0 unspecified atom stereocenters. The van der Waals surface area contributed by atoms with Gasteiger partial charge in [0.05, 0.1) is 0 Å². The van der Waals surface area contributed by atoms with Gasteiger partial charge >= 0.3 is 0 Å². The Morgan fingerprint density at radius 1 is 1.05 bits per heavy atom. The molecule has 2 aromatic rings. The number of fused-ring (bicyclic) bond motifs is 1. The minimum atomic E-state index is 0.0101. The lowest BCUT2D eigenvalue weighted by molar-refractivity contribution is 0.0938. The quantitative estimate of drug-likeness (QED) is 0.904. The van der Waals surface area contributed by atoms with Crippen LogP contribution in [0.1, 0.15) is 28.4 Å². The van der Waals surface area contributed by atoms with Gasteiger partial charge < -0.3 is 10.6 Å². The number of anilines is 1. The Labute approximate surface area is 125 Å². The van der Waals surface area contributed by atoms with Crippen LogP contribution in [0.15, 0.2) is 48.5 Å². The van der Waals surface area contributed by atoms with E-state index in [0.717, 1.165) is 25.1 Å². The van der Waals surface area contributed by atoms with Crippen molar-refractivity contribution in [3.05, 3.63) is 65.2 Å². The van der Waals surface area contributed by atoms with Gasteiger partial charge in [-0.3, -0.25) is 4.79 Å². The fourth-order valence-corrected chi connectivity index (χ4v) is 2.87. The minimum Gasteiger partial charge on any atom is -0.385 e. The van der Waals surface area contributed by atoms with Gasteiger partial charge in [-0.1, -0.05) is 24.3 Å². The largest absolute Gasteiger partial charge is 0.385 e. The number of hydrogen-bond donors (Lipinski definition) is 2. The van der Waals surface area contributed by atoms with Gasteiger partial charge in [0, 0.05) is 23.8 Å². The summed E-state index contributed by atoms with van der Waals surface area (Å²) in [6.07, 6.45) is 1.86. The fourth-order valence-electron chi connectivity index (χ4n) is 2.87. The van der Waals surface area contributed by atoms with Crippen molar-refractivity contribution in [3.8, 4) is 0 Å². The lowest BCUT2D eigenvalue weighted by atomic mass is 10.1. The number of benzene rings is 2. The normalized spacial score (nSPS) is 13.8. The molecule has 21 heavy (non-hydrogen) atoms. The van der Waals surface area contributed by atoms with Gasteiger partial charge in [-0.05, 0) is 55.2 Å². The molecule has 3 heteroatoms. The zero-order valence-electron chi connectivity index (χ0n) is 12.2. The Kier molecular flexibility index (Phi) is 3.91. The number of amides is 1. The second-order valence-corrected chi connectivity index (χ2v) is 5.46. The third-order valence-electron chi connectivity index (χ3n) is 3.91. The molecule has 0 fully saturated rings. The predicted octanol–water partition coefficient (Wildman–Crippen LogP) is 3.02. The van der Waals surface area contributed by atoms with Crippen molar-refractivity contribution in [2.75, 3.05) is 11.9 Å². The molecule has 1 aliphatic carbocycles. The second-order valence-electron chi connectivity index (χ2n) is 5.46. The summed E-state index contributed by atoms with van der Waals surface area (Å²) < 4.78 is 0. The first-order valence-corrected chi connectivity index (χ1v) is 7.48. The number of carbonyl (C=O) groups excluding carboxylic acids is 1. The van der Waals surface area contributed by atoms with Gasteiger partial charge in [0.2, 0.25) is 0 Å². The molecule has 1 amide bonds. The summed E-state index contributed by atoms with van der Waals surface area (Å²) in [5.74, 6) is 0.0101. The van der Waals surface area contributed by atoms with Crippen LogP contribution in [0.2, 0.25) is 0 Å². The molecule has 2 N–H and O–H groups in total. The van der Waals surface area contributed by atoms with Crippen molar-refractivity contribution in [2.45, 2.75) is 25.8 Å². The summed E-state index contributed by atoms with van der Waals surface area (Å²) in [5, 5.41) is 6.36. The highest BCUT2D eigenvalue weighted by molar-refractivity contribution is 5.94. The summed E-state index contributed by atoms with van der Waals surface area (Å²) >= 11 is 0. The SMILES string of the molecule is CCNc1ccc(C(=O)NC2Cc3ccccc3C2)cc1. The molecule has 0 saturated heterocycles. The van der Waals surface area contributed by atoms with Gasteiger partial charge in [-0.15, -0.1) is 0 Å². The molecular formula is C18H20N2O. The highest BCUT2D eigenvalue weighted by Gasteiger charge is 2.22. The van der Waals surface area contributed by atoms with Crippen molar-refractivity contribution >= 4 is 11.6 Å². The molecule has 1 aliphatic rings. The van der Waals surface area contributed by atoms with E-state index in [9.17, 15) is 4.79 Å². The third kappa shape index (κ3) is 3.07. The molecule has 3 nitrogen and oxygen atoms in total. The number of rotatable bonds is 4. The molecule has 0 heterocycles. The summed E-state index contributed by atoms with van der Waals surface area (Å²) in [4.78, 5) is 12.3. The van der Waals surface area contributed by atoms with Gasteiger partial charge in [0.15, 0.2) is 0 Å². The van der Waals surface area contributed by atoms with E-state index in [2.05, 4.69) is 41.8 Å². The molecule has 0 saturated carbocycles. The maximum atomic E-state index is 12.3. The summed E-state index contributed by atoms with van der Waals surface area (Å²) in [6.45, 7) is 2.93. The molecule has 0 atom stereocenters. The van der Waals surface area contributed by atoms with E-state index in [1.807, 2.05) is 24.3 Å². The van der Waals surface area contributed by atoms with Crippen LogP contribution in [-0.4, -0.2) is 18.5 Å². The zero-order chi connectivity index (χ0) is 14.7. The van der Waals surface area contributed by atoms with E-state index in [1.54, 1.807) is 0 Å². The number of carbonyl (C=O) groups is 1. The zero-order valence-corrected chi connectivity index (χ0v) is 12.2. The first kappa shape index (κ1) is 13.7. The van der Waals surface area contributed by atoms with Crippen LogP contribution >= 0.6 is 0 Å². The van der Waals surface area contributed by atoms with Crippen LogP contribution in [-0.2, 0) is 12.8 Å². The van der Waals surface area contributed by atoms with E-state index in [-0.39, 0.29) is 11.9 Å². The minimum absolute atomic E-state index is 0.0101. The average Bonchev–Trinajstić information content (AvgIpc) is 2.90. The molecule has 0 aliphatic heterocycles. The van der Waals surface area contributed by atoms with E-state index in [0.29, 0.717) is 5.56 Å². The van der Waals surface area contributed by atoms with Crippen LogP contribution in [0.3, 0.4) is 0 Å². The van der Waals surface area contributed by atoms with Gasteiger partial charge in [-0.2, -0.15) is 0 Å². The molecule has 108 valence electrons. The van der Waals surface area contributed by atoms with Crippen molar-refractivity contribution in [2.24, 2.45) is 0 Å². The topological polar surface area (TPSA) is 41.1 Å². The standard InChI is InChI=1S/C18H20N2O/c1-2-19-16-9-7-13(8-10-16)18(21)20-17-11-14-5-3-4-6-15(14)12-17/h3-10,17,19H,2,11-12H2,1H3,(H,20,21). The Hall–Kier alpha value is -2.29. The highest BCUT2D eigenvalue weighted by atomic mass is 16.1. The monoisotopic (exact) mass is 280 g/mol. The molecule has 0 spiro atoms. The van der Waals surface area contributed by atoms with E-state index in [4.69, 9.17) is 0 Å². The van der Waals surface area contributed by atoms with E-state index < -0.39 is 0 Å². The third-order valence-corrected chi connectivity index (χ3v) is 3.91. The molecule has 0 aromatic heterocycles. The van der Waals surface area contributed by atoms with Crippen LogP contribution < -0.4 is 10.6 Å².